The molecular weight excluding hydrogens is 114 g/mol. The SMILES string of the molecule is NC(CCO)C1CCC1. The van der Waals surface area contributed by atoms with Crippen LogP contribution < -0.4 is 5.73 Å². The lowest BCUT2D eigenvalue weighted by Crippen LogP contribution is -2.35. The van der Waals surface area contributed by atoms with Gasteiger partial charge < -0.3 is 10.8 Å². The van der Waals surface area contributed by atoms with Crippen molar-refractivity contribution < 1.29 is 5.11 Å². The summed E-state index contributed by atoms with van der Waals surface area (Å²) in [4.78, 5) is 0. The highest BCUT2D eigenvalue weighted by Gasteiger charge is 2.23. The van der Waals surface area contributed by atoms with Crippen LogP contribution in [0.5, 0.6) is 0 Å². The summed E-state index contributed by atoms with van der Waals surface area (Å²) >= 11 is 0. The highest BCUT2D eigenvalue weighted by molar-refractivity contribution is 4.79. The molecule has 54 valence electrons. The number of aliphatic hydroxyl groups excluding tert-OH is 1. The molecule has 3 N–H and O–H groups in total. The van der Waals surface area contributed by atoms with Crippen LogP contribution in [0.15, 0.2) is 0 Å². The minimum Gasteiger partial charge on any atom is -0.396 e. The maximum Gasteiger partial charge on any atom is 0.0445 e. The molecule has 1 aliphatic carbocycles. The van der Waals surface area contributed by atoms with Crippen molar-refractivity contribution >= 4 is 0 Å². The van der Waals surface area contributed by atoms with E-state index in [9.17, 15) is 0 Å². The van der Waals surface area contributed by atoms with Gasteiger partial charge in [-0.3, -0.25) is 0 Å². The Morgan fingerprint density at radius 2 is 2.22 bits per heavy atom. The molecule has 0 bridgehead atoms. The Morgan fingerprint density at radius 1 is 1.56 bits per heavy atom. The molecule has 0 aromatic heterocycles. The Balaban J connectivity index is 2.08. The Bertz CT molecular complexity index is 81.0. The van der Waals surface area contributed by atoms with Gasteiger partial charge in [-0.2, -0.15) is 0 Å². The highest BCUT2D eigenvalue weighted by atomic mass is 16.3. The van der Waals surface area contributed by atoms with Crippen molar-refractivity contribution in [2.24, 2.45) is 11.7 Å². The van der Waals surface area contributed by atoms with Crippen molar-refractivity contribution in [1.82, 2.24) is 0 Å². The summed E-state index contributed by atoms with van der Waals surface area (Å²) in [6.45, 7) is 0.248. The predicted molar refractivity (Wildman–Crippen MR) is 37.0 cm³/mol. The van der Waals surface area contributed by atoms with Crippen molar-refractivity contribution in [3.63, 3.8) is 0 Å². The van der Waals surface area contributed by atoms with E-state index in [0.29, 0.717) is 0 Å². The van der Waals surface area contributed by atoms with Gasteiger partial charge in [0, 0.05) is 12.6 Å². The van der Waals surface area contributed by atoms with Crippen LogP contribution in [0.4, 0.5) is 0 Å². The molecule has 1 unspecified atom stereocenters. The molecule has 1 saturated carbocycles. The molecule has 0 aromatic carbocycles. The number of nitrogens with two attached hydrogens (primary N) is 1. The largest absolute Gasteiger partial charge is 0.396 e. The molecular formula is C7H15NO. The second-order valence-corrected chi connectivity index (χ2v) is 2.87. The van der Waals surface area contributed by atoms with Crippen LogP contribution in [0.2, 0.25) is 0 Å². The molecule has 1 rings (SSSR count). The molecule has 1 atom stereocenters. The van der Waals surface area contributed by atoms with Gasteiger partial charge in [0.2, 0.25) is 0 Å². The van der Waals surface area contributed by atoms with Crippen molar-refractivity contribution in [1.29, 1.82) is 0 Å². The third kappa shape index (κ3) is 1.66. The van der Waals surface area contributed by atoms with E-state index >= 15 is 0 Å². The van der Waals surface area contributed by atoms with Crippen LogP contribution in [0, 0.1) is 5.92 Å². The minimum absolute atomic E-state index is 0.248. The summed E-state index contributed by atoms with van der Waals surface area (Å²) in [5.74, 6) is 0.720. The Kier molecular flexibility index (Phi) is 2.49. The molecule has 0 saturated heterocycles. The minimum atomic E-state index is 0.248. The molecule has 2 nitrogen and oxygen atoms in total. The van der Waals surface area contributed by atoms with E-state index in [1.54, 1.807) is 0 Å². The quantitative estimate of drug-likeness (QED) is 0.582. The van der Waals surface area contributed by atoms with Gasteiger partial charge in [-0.15, -0.1) is 0 Å². The van der Waals surface area contributed by atoms with E-state index in [1.165, 1.54) is 19.3 Å². The first-order chi connectivity index (χ1) is 4.34. The molecule has 2 heteroatoms. The molecule has 0 amide bonds. The summed E-state index contributed by atoms with van der Waals surface area (Å²) in [5.41, 5.74) is 5.73. The van der Waals surface area contributed by atoms with Crippen molar-refractivity contribution in [2.45, 2.75) is 31.7 Å². The fourth-order valence-corrected chi connectivity index (χ4v) is 1.25. The number of hydrogen-bond acceptors (Lipinski definition) is 2. The van der Waals surface area contributed by atoms with E-state index in [1.807, 2.05) is 0 Å². The van der Waals surface area contributed by atoms with Crippen molar-refractivity contribution in [2.75, 3.05) is 6.61 Å². The van der Waals surface area contributed by atoms with Gasteiger partial charge in [0.05, 0.1) is 0 Å². The van der Waals surface area contributed by atoms with Crippen LogP contribution >= 0.6 is 0 Å². The number of aliphatic hydroxyl groups is 1. The molecule has 1 aliphatic rings. The smallest absolute Gasteiger partial charge is 0.0445 e. The summed E-state index contributed by atoms with van der Waals surface area (Å²) in [6.07, 6.45) is 4.68. The molecule has 9 heavy (non-hydrogen) atoms. The van der Waals surface area contributed by atoms with Gasteiger partial charge in [0.25, 0.3) is 0 Å². The molecule has 0 heterocycles. The second kappa shape index (κ2) is 3.18. The van der Waals surface area contributed by atoms with E-state index in [0.717, 1.165) is 12.3 Å². The van der Waals surface area contributed by atoms with Gasteiger partial charge in [0.1, 0.15) is 0 Å². The first-order valence-corrected chi connectivity index (χ1v) is 3.71. The zero-order chi connectivity index (χ0) is 6.69. The van der Waals surface area contributed by atoms with Gasteiger partial charge in [0.15, 0.2) is 0 Å². The lowest BCUT2D eigenvalue weighted by Gasteiger charge is -2.30. The fraction of sp³-hybridized carbons (Fsp3) is 1.00. The van der Waals surface area contributed by atoms with Crippen molar-refractivity contribution in [3.8, 4) is 0 Å². The van der Waals surface area contributed by atoms with Gasteiger partial charge in [-0.1, -0.05) is 6.42 Å². The third-order valence-electron chi connectivity index (χ3n) is 2.22. The zero-order valence-corrected chi connectivity index (χ0v) is 5.71. The first-order valence-electron chi connectivity index (χ1n) is 3.71. The predicted octanol–water partition coefficient (Wildman–Crippen LogP) is 0.496. The van der Waals surface area contributed by atoms with Crippen LogP contribution in [0.1, 0.15) is 25.7 Å². The van der Waals surface area contributed by atoms with Crippen molar-refractivity contribution in [3.05, 3.63) is 0 Å². The van der Waals surface area contributed by atoms with E-state index in [2.05, 4.69) is 0 Å². The fourth-order valence-electron chi connectivity index (χ4n) is 1.25. The zero-order valence-electron chi connectivity index (χ0n) is 5.71. The summed E-state index contributed by atoms with van der Waals surface area (Å²) in [7, 11) is 0. The number of rotatable bonds is 3. The summed E-state index contributed by atoms with van der Waals surface area (Å²) in [6, 6.07) is 0.267. The molecule has 0 spiro atoms. The maximum atomic E-state index is 8.53. The van der Waals surface area contributed by atoms with Gasteiger partial charge in [-0.05, 0) is 25.2 Å². The van der Waals surface area contributed by atoms with Crippen LogP contribution in [0.25, 0.3) is 0 Å². The molecule has 0 radical (unpaired) electrons. The average Bonchev–Trinajstić information content (AvgIpc) is 1.60. The first kappa shape index (κ1) is 7.03. The van der Waals surface area contributed by atoms with E-state index < -0.39 is 0 Å². The highest BCUT2D eigenvalue weighted by Crippen LogP contribution is 2.29. The topological polar surface area (TPSA) is 46.2 Å². The van der Waals surface area contributed by atoms with Gasteiger partial charge >= 0.3 is 0 Å². The third-order valence-corrected chi connectivity index (χ3v) is 2.22. The Labute approximate surface area is 56.1 Å². The lowest BCUT2D eigenvalue weighted by atomic mass is 9.79. The summed E-state index contributed by atoms with van der Waals surface area (Å²) < 4.78 is 0. The molecule has 0 aromatic rings. The lowest BCUT2D eigenvalue weighted by molar-refractivity contribution is 0.208. The van der Waals surface area contributed by atoms with Crippen LogP contribution in [0.3, 0.4) is 0 Å². The summed E-state index contributed by atoms with van der Waals surface area (Å²) in [5, 5.41) is 8.53. The Hall–Kier alpha value is -0.0800. The Morgan fingerprint density at radius 3 is 2.56 bits per heavy atom. The monoisotopic (exact) mass is 129 g/mol. The number of hydrogen-bond donors (Lipinski definition) is 2. The normalized spacial score (nSPS) is 23.3. The molecule has 1 fully saturated rings. The van der Waals surface area contributed by atoms with E-state index in [4.69, 9.17) is 10.8 Å². The maximum absolute atomic E-state index is 8.53. The van der Waals surface area contributed by atoms with Crippen LogP contribution in [-0.2, 0) is 0 Å². The average molecular weight is 129 g/mol. The second-order valence-electron chi connectivity index (χ2n) is 2.87. The molecule has 0 aliphatic heterocycles. The van der Waals surface area contributed by atoms with Crippen LogP contribution in [-0.4, -0.2) is 17.8 Å². The standard InChI is InChI=1S/C7H15NO/c8-7(4-5-9)6-2-1-3-6/h6-7,9H,1-5,8H2. The van der Waals surface area contributed by atoms with E-state index in [-0.39, 0.29) is 12.6 Å². The van der Waals surface area contributed by atoms with Gasteiger partial charge in [-0.25, -0.2) is 0 Å².